The number of rotatable bonds is 12. The smallest absolute Gasteiger partial charge is 0.303 e. The van der Waals surface area contributed by atoms with E-state index >= 15 is 0 Å². The van der Waals surface area contributed by atoms with E-state index in [9.17, 15) is 9.59 Å². The zero-order valence-corrected chi connectivity index (χ0v) is 12.8. The van der Waals surface area contributed by atoms with Gasteiger partial charge in [0.05, 0.1) is 0 Å². The van der Waals surface area contributed by atoms with E-state index in [1.165, 1.54) is 12.8 Å². The number of carbonyl (C=O) groups is 2. The van der Waals surface area contributed by atoms with Crippen molar-refractivity contribution < 1.29 is 19.8 Å². The number of carboxylic acid groups (broad SMARTS) is 2. The molecule has 0 amide bonds. The Morgan fingerprint density at radius 2 is 1.30 bits per heavy atom. The van der Waals surface area contributed by atoms with Gasteiger partial charge >= 0.3 is 11.9 Å². The summed E-state index contributed by atoms with van der Waals surface area (Å²) in [7, 11) is 0. The van der Waals surface area contributed by atoms with Gasteiger partial charge in [-0.2, -0.15) is 0 Å². The fourth-order valence-corrected chi connectivity index (χ4v) is 1.62. The van der Waals surface area contributed by atoms with Crippen molar-refractivity contribution in [2.45, 2.75) is 77.6 Å². The molecule has 118 valence electrons. The lowest BCUT2D eigenvalue weighted by Gasteiger charge is -1.97. The fourth-order valence-electron chi connectivity index (χ4n) is 1.62. The molecule has 0 aliphatic heterocycles. The van der Waals surface area contributed by atoms with E-state index in [4.69, 9.17) is 10.2 Å². The number of hydrogen-bond donors (Lipinski definition) is 2. The zero-order chi connectivity index (χ0) is 15.6. The van der Waals surface area contributed by atoms with Gasteiger partial charge in [0.1, 0.15) is 0 Å². The Morgan fingerprint density at radius 3 is 1.75 bits per heavy atom. The molecule has 4 nitrogen and oxygen atoms in total. The molecule has 0 heterocycles. The Kier molecular flexibility index (Phi) is 18.6. The highest BCUT2D eigenvalue weighted by molar-refractivity contribution is 5.66. The normalized spacial score (nSPS) is 9.45. The molecule has 0 aromatic rings. The van der Waals surface area contributed by atoms with Gasteiger partial charge in [0, 0.05) is 12.8 Å². The van der Waals surface area contributed by atoms with Gasteiger partial charge in [-0.05, 0) is 25.7 Å². The molecule has 0 saturated heterocycles. The van der Waals surface area contributed by atoms with Gasteiger partial charge in [0.2, 0.25) is 0 Å². The second-order valence-electron chi connectivity index (χ2n) is 4.84. The predicted molar refractivity (Wildman–Crippen MR) is 81.9 cm³/mol. The molecule has 0 saturated carbocycles. The Bertz CT molecular complexity index is 249. The molecule has 4 heteroatoms. The lowest BCUT2D eigenvalue weighted by molar-refractivity contribution is -0.138. The molecule has 0 fully saturated rings. The number of unbranched alkanes of at least 4 members (excludes halogenated alkanes) is 7. The SMILES string of the molecule is C=CCCCCCCCC(=O)O.CCCCCC(=O)O. The first-order valence-corrected chi connectivity index (χ1v) is 7.59. The summed E-state index contributed by atoms with van der Waals surface area (Å²) in [4.78, 5) is 20.0. The third-order valence-electron chi connectivity index (χ3n) is 2.79. The minimum absolute atomic E-state index is 0.321. The first kappa shape index (κ1) is 21.0. The predicted octanol–water partition coefficient (Wildman–Crippen LogP) is 4.64. The van der Waals surface area contributed by atoms with Crippen LogP contribution in [0.5, 0.6) is 0 Å². The number of carboxylic acids is 2. The van der Waals surface area contributed by atoms with Gasteiger partial charge in [-0.15, -0.1) is 6.58 Å². The van der Waals surface area contributed by atoms with Crippen LogP contribution in [0.4, 0.5) is 0 Å². The monoisotopic (exact) mass is 286 g/mol. The number of hydrogen-bond acceptors (Lipinski definition) is 2. The van der Waals surface area contributed by atoms with E-state index in [0.29, 0.717) is 12.8 Å². The molecule has 20 heavy (non-hydrogen) atoms. The van der Waals surface area contributed by atoms with Crippen LogP contribution in [0.1, 0.15) is 77.6 Å². The van der Waals surface area contributed by atoms with Crippen LogP contribution in [0.3, 0.4) is 0 Å². The Morgan fingerprint density at radius 1 is 0.850 bits per heavy atom. The third kappa shape index (κ3) is 25.5. The molecule has 2 N–H and O–H groups in total. The van der Waals surface area contributed by atoms with Crippen LogP contribution >= 0.6 is 0 Å². The molecule has 0 bridgehead atoms. The topological polar surface area (TPSA) is 74.6 Å². The number of allylic oxidation sites excluding steroid dienone is 1. The number of aliphatic carboxylic acids is 2. The Labute approximate surface area is 122 Å². The van der Waals surface area contributed by atoms with Crippen molar-refractivity contribution in [2.75, 3.05) is 0 Å². The van der Waals surface area contributed by atoms with Crippen molar-refractivity contribution in [1.29, 1.82) is 0 Å². The summed E-state index contributed by atoms with van der Waals surface area (Å²) in [6, 6.07) is 0. The Hall–Kier alpha value is -1.32. The van der Waals surface area contributed by atoms with Crippen LogP contribution in [-0.4, -0.2) is 22.2 Å². The van der Waals surface area contributed by atoms with E-state index in [-0.39, 0.29) is 0 Å². The van der Waals surface area contributed by atoms with E-state index in [1.54, 1.807) is 0 Å². The van der Waals surface area contributed by atoms with E-state index in [2.05, 4.69) is 13.5 Å². The largest absolute Gasteiger partial charge is 0.481 e. The summed E-state index contributed by atoms with van der Waals surface area (Å²) < 4.78 is 0. The van der Waals surface area contributed by atoms with Crippen molar-refractivity contribution in [2.24, 2.45) is 0 Å². The van der Waals surface area contributed by atoms with Crippen LogP contribution in [0.2, 0.25) is 0 Å². The second-order valence-corrected chi connectivity index (χ2v) is 4.84. The van der Waals surface area contributed by atoms with E-state index < -0.39 is 11.9 Å². The average Bonchev–Trinajstić information content (AvgIpc) is 2.38. The zero-order valence-electron chi connectivity index (χ0n) is 12.8. The quantitative estimate of drug-likeness (QED) is 0.405. The van der Waals surface area contributed by atoms with Gasteiger partial charge in [-0.3, -0.25) is 9.59 Å². The summed E-state index contributed by atoms with van der Waals surface area (Å²) in [6.45, 7) is 5.70. The van der Waals surface area contributed by atoms with Gasteiger partial charge in [-0.25, -0.2) is 0 Å². The molecular weight excluding hydrogens is 256 g/mol. The molecule has 0 aromatic carbocycles. The van der Waals surface area contributed by atoms with Gasteiger partial charge in [0.15, 0.2) is 0 Å². The van der Waals surface area contributed by atoms with Crippen molar-refractivity contribution >= 4 is 11.9 Å². The van der Waals surface area contributed by atoms with Crippen LogP contribution in [0.15, 0.2) is 12.7 Å². The summed E-state index contributed by atoms with van der Waals surface area (Å²) in [6.07, 6.45) is 12.0. The van der Waals surface area contributed by atoms with E-state index in [0.717, 1.165) is 44.9 Å². The average molecular weight is 286 g/mol. The first-order chi connectivity index (χ1) is 9.54. The molecule has 0 aliphatic carbocycles. The summed E-state index contributed by atoms with van der Waals surface area (Å²) in [5.74, 6) is -1.36. The van der Waals surface area contributed by atoms with Gasteiger partial charge < -0.3 is 10.2 Å². The minimum atomic E-state index is -0.682. The highest BCUT2D eigenvalue weighted by Gasteiger charge is 1.95. The second kappa shape index (κ2) is 17.7. The van der Waals surface area contributed by atoms with Gasteiger partial charge in [0.25, 0.3) is 0 Å². The fraction of sp³-hybridized carbons (Fsp3) is 0.750. The maximum Gasteiger partial charge on any atom is 0.303 e. The highest BCUT2D eigenvalue weighted by atomic mass is 16.4. The van der Waals surface area contributed by atoms with E-state index in [1.807, 2.05) is 6.08 Å². The molecule has 0 atom stereocenters. The Balaban J connectivity index is 0. The molecule has 0 unspecified atom stereocenters. The van der Waals surface area contributed by atoms with Crippen molar-refractivity contribution in [3.8, 4) is 0 Å². The highest BCUT2D eigenvalue weighted by Crippen LogP contribution is 2.06. The van der Waals surface area contributed by atoms with Crippen molar-refractivity contribution in [3.63, 3.8) is 0 Å². The van der Waals surface area contributed by atoms with Gasteiger partial charge in [-0.1, -0.05) is 45.1 Å². The molecule has 0 rings (SSSR count). The van der Waals surface area contributed by atoms with Crippen LogP contribution in [0.25, 0.3) is 0 Å². The van der Waals surface area contributed by atoms with Crippen molar-refractivity contribution in [1.82, 2.24) is 0 Å². The lowest BCUT2D eigenvalue weighted by atomic mass is 10.1. The standard InChI is InChI=1S/C10H18O2.C6H12O2/c1-2-3-4-5-6-7-8-9-10(11)12;1-2-3-4-5-6(7)8/h2H,1,3-9H2,(H,11,12);2-5H2,1H3,(H,7,8). The third-order valence-corrected chi connectivity index (χ3v) is 2.79. The molecule has 0 spiro atoms. The minimum Gasteiger partial charge on any atom is -0.481 e. The van der Waals surface area contributed by atoms with Crippen LogP contribution in [-0.2, 0) is 9.59 Å². The first-order valence-electron chi connectivity index (χ1n) is 7.59. The summed E-state index contributed by atoms with van der Waals surface area (Å²) in [5.41, 5.74) is 0. The lowest BCUT2D eigenvalue weighted by Crippen LogP contribution is -1.93. The van der Waals surface area contributed by atoms with Crippen LogP contribution in [0, 0.1) is 0 Å². The molecule has 0 aromatic heterocycles. The molecule has 0 aliphatic rings. The summed E-state index contributed by atoms with van der Waals surface area (Å²) >= 11 is 0. The molecule has 0 radical (unpaired) electrons. The summed E-state index contributed by atoms with van der Waals surface area (Å²) in [5, 5.41) is 16.5. The maximum absolute atomic E-state index is 10.1. The maximum atomic E-state index is 10.1. The van der Waals surface area contributed by atoms with Crippen LogP contribution < -0.4 is 0 Å². The molecular formula is C16H30O4. The van der Waals surface area contributed by atoms with Crippen molar-refractivity contribution in [3.05, 3.63) is 12.7 Å².